The fourth-order valence-electron chi connectivity index (χ4n) is 4.93. The molecule has 2 spiro atoms. The van der Waals surface area contributed by atoms with Crippen molar-refractivity contribution in [2.75, 3.05) is 0 Å². The minimum Gasteiger partial charge on any atom is -0.463 e. The smallest absolute Gasteiger partial charge is 0.213 e. The van der Waals surface area contributed by atoms with Gasteiger partial charge in [-0.2, -0.15) is 0 Å². The molecule has 1 heterocycles. The van der Waals surface area contributed by atoms with Gasteiger partial charge in [-0.15, -0.1) is 0 Å². The Labute approximate surface area is 146 Å². The molecule has 0 bridgehead atoms. The van der Waals surface area contributed by atoms with Crippen molar-refractivity contribution in [1.82, 2.24) is 0 Å². The zero-order chi connectivity index (χ0) is 16.6. The standard InChI is InChI=1S/C22H30O2/c1-17-10-6-8-14-21(17)20(16-19-12-4-3-5-13-19)23-22(24-21)15-9-7-11-18(22)2/h3-5,12-13,16-18H,6-11,14-15H2,1-2H3/b20-16-. The maximum atomic E-state index is 6.94. The van der Waals surface area contributed by atoms with E-state index in [-0.39, 0.29) is 11.4 Å². The summed E-state index contributed by atoms with van der Waals surface area (Å²) in [6.45, 7) is 4.67. The van der Waals surface area contributed by atoms with Crippen LogP contribution in [0.2, 0.25) is 0 Å². The van der Waals surface area contributed by atoms with E-state index in [9.17, 15) is 0 Å². The van der Waals surface area contributed by atoms with Crippen molar-refractivity contribution in [1.29, 1.82) is 0 Å². The molecule has 2 saturated carbocycles. The first-order chi connectivity index (χ1) is 11.6. The highest BCUT2D eigenvalue weighted by atomic mass is 16.8. The third-order valence-electron chi connectivity index (χ3n) is 6.55. The van der Waals surface area contributed by atoms with Gasteiger partial charge in [-0.05, 0) is 43.2 Å². The van der Waals surface area contributed by atoms with Crippen molar-refractivity contribution >= 4 is 6.08 Å². The third-order valence-corrected chi connectivity index (χ3v) is 6.55. The van der Waals surface area contributed by atoms with Crippen molar-refractivity contribution < 1.29 is 9.47 Å². The minimum absolute atomic E-state index is 0.209. The highest BCUT2D eigenvalue weighted by molar-refractivity contribution is 5.54. The van der Waals surface area contributed by atoms with Crippen LogP contribution < -0.4 is 0 Å². The summed E-state index contributed by atoms with van der Waals surface area (Å²) in [7, 11) is 0. The summed E-state index contributed by atoms with van der Waals surface area (Å²) in [5.74, 6) is 1.70. The Balaban J connectivity index is 1.75. The van der Waals surface area contributed by atoms with Gasteiger partial charge >= 0.3 is 0 Å². The topological polar surface area (TPSA) is 18.5 Å². The molecule has 0 amide bonds. The van der Waals surface area contributed by atoms with Gasteiger partial charge in [-0.1, -0.05) is 63.4 Å². The number of ether oxygens (including phenoxy) is 2. The average Bonchev–Trinajstić information content (AvgIpc) is 2.90. The summed E-state index contributed by atoms with van der Waals surface area (Å²) in [5, 5.41) is 0. The number of hydrogen-bond donors (Lipinski definition) is 0. The van der Waals surface area contributed by atoms with Crippen LogP contribution in [-0.4, -0.2) is 11.4 Å². The van der Waals surface area contributed by atoms with Crippen molar-refractivity contribution in [2.45, 2.75) is 76.6 Å². The molecular formula is C22H30O2. The molecule has 1 aromatic rings. The molecule has 1 aromatic carbocycles. The Morgan fingerprint density at radius 3 is 2.33 bits per heavy atom. The summed E-state index contributed by atoms with van der Waals surface area (Å²) in [4.78, 5) is 0. The van der Waals surface area contributed by atoms with Crippen LogP contribution in [-0.2, 0) is 9.47 Å². The van der Waals surface area contributed by atoms with Crippen molar-refractivity contribution in [3.63, 3.8) is 0 Å². The monoisotopic (exact) mass is 326 g/mol. The van der Waals surface area contributed by atoms with Gasteiger partial charge in [0.25, 0.3) is 0 Å². The van der Waals surface area contributed by atoms with Gasteiger partial charge in [0.2, 0.25) is 5.79 Å². The van der Waals surface area contributed by atoms with E-state index in [1.165, 1.54) is 44.1 Å². The molecule has 4 rings (SSSR count). The Bertz CT molecular complexity index is 608. The van der Waals surface area contributed by atoms with Crippen LogP contribution in [0.3, 0.4) is 0 Å². The molecule has 2 nitrogen and oxygen atoms in total. The van der Waals surface area contributed by atoms with E-state index < -0.39 is 0 Å². The van der Waals surface area contributed by atoms with Crippen LogP contribution >= 0.6 is 0 Å². The van der Waals surface area contributed by atoms with E-state index in [4.69, 9.17) is 9.47 Å². The lowest BCUT2D eigenvalue weighted by Crippen LogP contribution is -2.46. The highest BCUT2D eigenvalue weighted by Gasteiger charge is 2.59. The van der Waals surface area contributed by atoms with Crippen LogP contribution in [0.1, 0.15) is 70.8 Å². The van der Waals surface area contributed by atoms with Crippen LogP contribution in [0.4, 0.5) is 0 Å². The summed E-state index contributed by atoms with van der Waals surface area (Å²) in [6, 6.07) is 10.6. The second-order valence-electron chi connectivity index (χ2n) is 8.12. The van der Waals surface area contributed by atoms with E-state index >= 15 is 0 Å². The van der Waals surface area contributed by atoms with Crippen LogP contribution in [0.25, 0.3) is 6.08 Å². The predicted molar refractivity (Wildman–Crippen MR) is 97.3 cm³/mol. The minimum atomic E-state index is -0.384. The number of benzene rings is 1. The molecule has 130 valence electrons. The second-order valence-corrected chi connectivity index (χ2v) is 8.12. The van der Waals surface area contributed by atoms with E-state index in [1.54, 1.807) is 0 Å². The first-order valence-corrected chi connectivity index (χ1v) is 9.81. The molecular weight excluding hydrogens is 296 g/mol. The fourth-order valence-corrected chi connectivity index (χ4v) is 4.93. The Morgan fingerprint density at radius 1 is 0.917 bits per heavy atom. The van der Waals surface area contributed by atoms with Gasteiger partial charge in [0.15, 0.2) is 0 Å². The maximum absolute atomic E-state index is 6.94. The first kappa shape index (κ1) is 16.2. The molecule has 0 aromatic heterocycles. The Kier molecular flexibility index (Phi) is 4.20. The van der Waals surface area contributed by atoms with Crippen LogP contribution in [0.5, 0.6) is 0 Å². The lowest BCUT2D eigenvalue weighted by atomic mass is 9.74. The van der Waals surface area contributed by atoms with Gasteiger partial charge in [0, 0.05) is 12.3 Å². The summed E-state index contributed by atoms with van der Waals surface area (Å²) >= 11 is 0. The molecule has 4 atom stereocenters. The van der Waals surface area contributed by atoms with Crippen molar-refractivity contribution in [2.24, 2.45) is 11.8 Å². The van der Waals surface area contributed by atoms with Gasteiger partial charge in [-0.25, -0.2) is 0 Å². The summed E-state index contributed by atoms with van der Waals surface area (Å²) in [5.41, 5.74) is 1.01. The molecule has 1 saturated heterocycles. The van der Waals surface area contributed by atoms with Crippen LogP contribution in [0.15, 0.2) is 36.1 Å². The predicted octanol–water partition coefficient (Wildman–Crippen LogP) is 5.93. The second kappa shape index (κ2) is 6.22. The molecule has 24 heavy (non-hydrogen) atoms. The van der Waals surface area contributed by atoms with Gasteiger partial charge in [0.05, 0.1) is 0 Å². The van der Waals surface area contributed by atoms with E-state index in [0.29, 0.717) is 11.8 Å². The van der Waals surface area contributed by atoms with E-state index in [0.717, 1.165) is 18.6 Å². The van der Waals surface area contributed by atoms with Crippen LogP contribution in [0, 0.1) is 11.8 Å². The van der Waals surface area contributed by atoms with E-state index in [2.05, 4.69) is 50.3 Å². The molecule has 0 radical (unpaired) electrons. The van der Waals surface area contributed by atoms with Gasteiger partial charge < -0.3 is 9.47 Å². The molecule has 3 fully saturated rings. The zero-order valence-electron chi connectivity index (χ0n) is 15.1. The average molecular weight is 326 g/mol. The van der Waals surface area contributed by atoms with E-state index in [1.807, 2.05) is 0 Å². The molecule has 3 aliphatic rings. The molecule has 2 heteroatoms. The molecule has 2 aliphatic carbocycles. The molecule has 1 aliphatic heterocycles. The number of rotatable bonds is 1. The maximum Gasteiger partial charge on any atom is 0.213 e. The summed E-state index contributed by atoms with van der Waals surface area (Å²) in [6.07, 6.45) is 11.9. The quantitative estimate of drug-likeness (QED) is 0.637. The molecule has 4 unspecified atom stereocenters. The molecule has 0 N–H and O–H groups in total. The van der Waals surface area contributed by atoms with Crippen molar-refractivity contribution in [3.8, 4) is 0 Å². The normalized spacial score (nSPS) is 41.0. The Morgan fingerprint density at radius 2 is 1.62 bits per heavy atom. The lowest BCUT2D eigenvalue weighted by Gasteiger charge is -2.42. The van der Waals surface area contributed by atoms with Gasteiger partial charge in [-0.3, -0.25) is 0 Å². The lowest BCUT2D eigenvalue weighted by molar-refractivity contribution is -0.241. The summed E-state index contributed by atoms with van der Waals surface area (Å²) < 4.78 is 13.6. The first-order valence-electron chi connectivity index (χ1n) is 9.81. The van der Waals surface area contributed by atoms with Crippen molar-refractivity contribution in [3.05, 3.63) is 41.7 Å². The largest absolute Gasteiger partial charge is 0.463 e. The van der Waals surface area contributed by atoms with Gasteiger partial charge in [0.1, 0.15) is 11.4 Å². The highest BCUT2D eigenvalue weighted by Crippen LogP contribution is 2.56. The zero-order valence-corrected chi connectivity index (χ0v) is 15.1. The number of hydrogen-bond acceptors (Lipinski definition) is 2. The SMILES string of the molecule is CC1CCCCC12O/C(=C\c1ccccc1)C1(CCCCC1C)O2. The third kappa shape index (κ3) is 2.60. The Hall–Kier alpha value is -1.28. The fraction of sp³-hybridized carbons (Fsp3) is 0.636.